The van der Waals surface area contributed by atoms with Crippen LogP contribution in [-0.2, 0) is 4.74 Å². The number of carbonyl (C=O) groups excluding carboxylic acids is 1. The minimum absolute atomic E-state index is 0.173. The summed E-state index contributed by atoms with van der Waals surface area (Å²) in [6.45, 7) is 3.77. The maximum atomic E-state index is 11.4. The number of furan rings is 1. The Labute approximate surface area is 91.1 Å². The van der Waals surface area contributed by atoms with E-state index >= 15 is 0 Å². The molecule has 5 heteroatoms. The van der Waals surface area contributed by atoms with E-state index in [2.05, 4.69) is 6.58 Å². The lowest BCUT2D eigenvalue weighted by atomic mass is 10.5. The molecule has 0 aliphatic heterocycles. The van der Waals surface area contributed by atoms with Crippen LogP contribution in [0, 0.1) is 0 Å². The highest BCUT2D eigenvalue weighted by atomic mass is 32.2. The van der Waals surface area contributed by atoms with Crippen molar-refractivity contribution in [2.45, 2.75) is 0 Å². The van der Waals surface area contributed by atoms with Crippen molar-refractivity contribution < 1.29 is 13.9 Å². The minimum atomic E-state index is -0.260. The maximum absolute atomic E-state index is 11.4. The van der Waals surface area contributed by atoms with Crippen LogP contribution in [0.4, 0.5) is 0 Å². The number of ether oxygens (including phenoxy) is 1. The number of rotatable bonds is 3. The van der Waals surface area contributed by atoms with Crippen LogP contribution in [0.25, 0.3) is 0 Å². The summed E-state index contributed by atoms with van der Waals surface area (Å²) in [4.78, 5) is 11.4. The van der Waals surface area contributed by atoms with Gasteiger partial charge in [0.05, 0.1) is 6.26 Å². The largest absolute Gasteiger partial charge is 0.474 e. The van der Waals surface area contributed by atoms with Gasteiger partial charge in [-0.2, -0.15) is 0 Å². The van der Waals surface area contributed by atoms with Gasteiger partial charge in [-0.1, -0.05) is 12.7 Å². The molecule has 0 saturated heterocycles. The Morgan fingerprint density at radius 2 is 2.57 bits per heavy atom. The van der Waals surface area contributed by atoms with Crippen molar-refractivity contribution in [3.63, 3.8) is 0 Å². The van der Waals surface area contributed by atoms with Gasteiger partial charge in [0.25, 0.3) is 5.12 Å². The Bertz CT molecular complexity index is 330. The fourth-order valence-electron chi connectivity index (χ4n) is 0.677. The molecule has 0 unspecified atom stereocenters. The van der Waals surface area contributed by atoms with Crippen molar-refractivity contribution in [2.24, 2.45) is 0 Å². The van der Waals surface area contributed by atoms with E-state index in [1.54, 1.807) is 18.2 Å². The smallest absolute Gasteiger partial charge is 0.263 e. The average molecular weight is 228 g/mol. The second-order valence-electron chi connectivity index (χ2n) is 2.22. The molecule has 0 radical (unpaired) electrons. The molecule has 0 bridgehead atoms. The van der Waals surface area contributed by atoms with Crippen LogP contribution >= 0.6 is 24.0 Å². The third kappa shape index (κ3) is 3.35. The molecule has 0 aliphatic carbocycles. The Morgan fingerprint density at radius 1 is 1.79 bits per heavy atom. The van der Waals surface area contributed by atoms with Crippen molar-refractivity contribution in [1.82, 2.24) is 0 Å². The third-order valence-corrected chi connectivity index (χ3v) is 2.26. The van der Waals surface area contributed by atoms with Gasteiger partial charge in [0.2, 0.25) is 4.38 Å². The molecule has 0 atom stereocenters. The van der Waals surface area contributed by atoms with E-state index < -0.39 is 0 Å². The van der Waals surface area contributed by atoms with E-state index in [0.717, 1.165) is 11.8 Å². The van der Waals surface area contributed by atoms with E-state index in [1.807, 2.05) is 0 Å². The number of thiocarbonyl (C=S) groups is 1. The molecule has 1 heterocycles. The van der Waals surface area contributed by atoms with Crippen molar-refractivity contribution in [2.75, 3.05) is 6.61 Å². The topological polar surface area (TPSA) is 39.4 Å². The van der Waals surface area contributed by atoms with E-state index in [4.69, 9.17) is 21.4 Å². The van der Waals surface area contributed by atoms with Crippen LogP contribution in [0.3, 0.4) is 0 Å². The van der Waals surface area contributed by atoms with Gasteiger partial charge >= 0.3 is 0 Å². The van der Waals surface area contributed by atoms with Gasteiger partial charge in [0, 0.05) is 11.8 Å². The van der Waals surface area contributed by atoms with Crippen LogP contribution in [0.15, 0.2) is 35.5 Å². The van der Waals surface area contributed by atoms with Gasteiger partial charge in [-0.05, 0) is 24.4 Å². The van der Waals surface area contributed by atoms with Gasteiger partial charge in [-0.15, -0.1) is 0 Å². The summed E-state index contributed by atoms with van der Waals surface area (Å²) in [5, 5.41) is -0.260. The fraction of sp³-hybridized carbons (Fsp3) is 0.111. The van der Waals surface area contributed by atoms with E-state index in [-0.39, 0.29) is 15.3 Å². The van der Waals surface area contributed by atoms with Crippen LogP contribution in [0.2, 0.25) is 0 Å². The van der Waals surface area contributed by atoms with Gasteiger partial charge in [0.1, 0.15) is 6.61 Å². The van der Waals surface area contributed by atoms with Crippen LogP contribution in [0.5, 0.6) is 0 Å². The predicted molar refractivity (Wildman–Crippen MR) is 59.4 cm³/mol. The lowest BCUT2D eigenvalue weighted by Crippen LogP contribution is -2.01. The molecule has 0 spiro atoms. The molecule has 3 nitrogen and oxygen atoms in total. The summed E-state index contributed by atoms with van der Waals surface area (Å²) in [5.41, 5.74) is 0. The number of hydrogen-bond acceptors (Lipinski definition) is 5. The molecule has 0 amide bonds. The molecule has 74 valence electrons. The monoisotopic (exact) mass is 228 g/mol. The van der Waals surface area contributed by atoms with Gasteiger partial charge in [-0.25, -0.2) is 0 Å². The standard InChI is InChI=1S/C9H8O3S2/c1-2-5-12-9(13)14-8(10)7-4-3-6-11-7/h2-4,6H,1,5H2. The second-order valence-corrected chi connectivity index (χ2v) is 3.79. The summed E-state index contributed by atoms with van der Waals surface area (Å²) in [7, 11) is 0. The summed E-state index contributed by atoms with van der Waals surface area (Å²) in [6.07, 6.45) is 2.99. The Balaban J connectivity index is 2.41. The lowest BCUT2D eigenvalue weighted by Gasteiger charge is -2.01. The van der Waals surface area contributed by atoms with Gasteiger partial charge in [-0.3, -0.25) is 4.79 Å². The zero-order valence-electron chi connectivity index (χ0n) is 7.26. The number of thioether (sulfide) groups is 1. The SMILES string of the molecule is C=CCOC(=S)SC(=O)c1ccco1. The van der Waals surface area contributed by atoms with Crippen LogP contribution in [-0.4, -0.2) is 16.1 Å². The quantitative estimate of drug-likeness (QED) is 0.587. The van der Waals surface area contributed by atoms with E-state index in [0.29, 0.717) is 6.61 Å². The van der Waals surface area contributed by atoms with E-state index in [9.17, 15) is 4.79 Å². The Morgan fingerprint density at radius 3 is 3.14 bits per heavy atom. The average Bonchev–Trinajstić information content (AvgIpc) is 2.67. The van der Waals surface area contributed by atoms with Crippen molar-refractivity contribution >= 4 is 33.5 Å². The van der Waals surface area contributed by atoms with Gasteiger partial charge < -0.3 is 9.15 Å². The maximum Gasteiger partial charge on any atom is 0.263 e. The molecule has 0 N–H and O–H groups in total. The molecular formula is C9H8O3S2. The first-order chi connectivity index (χ1) is 6.74. The predicted octanol–water partition coefficient (Wildman–Crippen LogP) is 2.64. The first-order valence-electron chi connectivity index (χ1n) is 3.77. The summed E-state index contributed by atoms with van der Waals surface area (Å²) >= 11 is 5.63. The molecule has 0 saturated carbocycles. The molecule has 14 heavy (non-hydrogen) atoms. The third-order valence-electron chi connectivity index (χ3n) is 1.22. The Kier molecular flexibility index (Phi) is 4.42. The first kappa shape index (κ1) is 11.0. The fourth-order valence-corrected chi connectivity index (χ4v) is 1.47. The van der Waals surface area contributed by atoms with Crippen LogP contribution in [0.1, 0.15) is 10.6 Å². The minimum Gasteiger partial charge on any atom is -0.474 e. The van der Waals surface area contributed by atoms with Crippen molar-refractivity contribution in [3.8, 4) is 0 Å². The van der Waals surface area contributed by atoms with Gasteiger partial charge in [0.15, 0.2) is 5.76 Å². The summed E-state index contributed by atoms with van der Waals surface area (Å²) in [6, 6.07) is 3.22. The Hall–Kier alpha value is -1.07. The zero-order chi connectivity index (χ0) is 10.4. The first-order valence-corrected chi connectivity index (χ1v) is 5.00. The molecule has 0 aromatic carbocycles. The highest BCUT2D eigenvalue weighted by Crippen LogP contribution is 2.15. The molecule has 1 aromatic rings. The second kappa shape index (κ2) is 5.62. The number of hydrogen-bond donors (Lipinski definition) is 0. The van der Waals surface area contributed by atoms with Crippen molar-refractivity contribution in [3.05, 3.63) is 36.8 Å². The molecule has 0 fully saturated rings. The molecule has 1 aromatic heterocycles. The number of carbonyl (C=O) groups is 1. The molecule has 0 aliphatic rings. The highest BCUT2D eigenvalue weighted by Gasteiger charge is 2.12. The normalized spacial score (nSPS) is 9.43. The van der Waals surface area contributed by atoms with E-state index in [1.165, 1.54) is 6.26 Å². The summed E-state index contributed by atoms with van der Waals surface area (Å²) < 4.78 is 10.0. The van der Waals surface area contributed by atoms with Crippen LogP contribution < -0.4 is 0 Å². The summed E-state index contributed by atoms with van der Waals surface area (Å²) in [5.74, 6) is 0.263. The lowest BCUT2D eigenvalue weighted by molar-refractivity contribution is 0.106. The highest BCUT2D eigenvalue weighted by molar-refractivity contribution is 8.32. The molecular weight excluding hydrogens is 220 g/mol. The molecule has 1 rings (SSSR count). The zero-order valence-corrected chi connectivity index (χ0v) is 8.90. The van der Waals surface area contributed by atoms with Crippen molar-refractivity contribution in [1.29, 1.82) is 0 Å².